The first-order valence-electron chi connectivity index (χ1n) is 8.77. The Bertz CT molecular complexity index is 797. The molecule has 0 aliphatic rings. The smallest absolute Gasteiger partial charge is 0.373 e. The molecular formula is C21H20F6O2. The molecule has 0 saturated carbocycles. The minimum absolute atomic E-state index is 0.0610. The second-order valence-electron chi connectivity index (χ2n) is 7.09. The van der Waals surface area contributed by atoms with Gasteiger partial charge in [-0.3, -0.25) is 0 Å². The molecule has 29 heavy (non-hydrogen) atoms. The summed E-state index contributed by atoms with van der Waals surface area (Å²) in [6.45, 7) is 3.06. The number of aldehydes is 1. The van der Waals surface area contributed by atoms with Crippen LogP contribution in [-0.2, 0) is 27.3 Å². The number of halogens is 6. The van der Waals surface area contributed by atoms with Crippen LogP contribution >= 0.6 is 0 Å². The van der Waals surface area contributed by atoms with Crippen LogP contribution in [-0.4, -0.2) is 12.9 Å². The Kier molecular flexibility index (Phi) is 6.78. The van der Waals surface area contributed by atoms with Crippen LogP contribution in [0.2, 0.25) is 0 Å². The quantitative estimate of drug-likeness (QED) is 0.387. The van der Waals surface area contributed by atoms with Gasteiger partial charge in [0.25, 0.3) is 0 Å². The SMILES string of the molecule is C[C@@H](OC[C@](C)(CC=O)c1ccccc1)c1cc(C(F)(F)F)cc(C(F)(F)F)c1. The maximum atomic E-state index is 13.0. The van der Waals surface area contributed by atoms with Crippen LogP contribution in [0.15, 0.2) is 48.5 Å². The molecule has 8 heteroatoms. The van der Waals surface area contributed by atoms with Crippen molar-refractivity contribution in [3.8, 4) is 0 Å². The van der Waals surface area contributed by atoms with E-state index < -0.39 is 35.0 Å². The van der Waals surface area contributed by atoms with E-state index >= 15 is 0 Å². The molecule has 0 heterocycles. The van der Waals surface area contributed by atoms with Gasteiger partial charge in [0.1, 0.15) is 6.29 Å². The lowest BCUT2D eigenvalue weighted by molar-refractivity contribution is -0.143. The molecule has 0 radical (unpaired) electrons. The molecule has 0 aliphatic carbocycles. The van der Waals surface area contributed by atoms with Crippen molar-refractivity contribution in [3.05, 3.63) is 70.8 Å². The Morgan fingerprint density at radius 1 is 0.897 bits per heavy atom. The first kappa shape index (κ1) is 22.9. The third-order valence-electron chi connectivity index (χ3n) is 4.74. The Morgan fingerprint density at radius 2 is 1.41 bits per heavy atom. The predicted octanol–water partition coefficient (Wildman–Crippen LogP) is 6.35. The van der Waals surface area contributed by atoms with Gasteiger partial charge >= 0.3 is 12.4 Å². The summed E-state index contributed by atoms with van der Waals surface area (Å²) in [6, 6.07) is 10.3. The highest BCUT2D eigenvalue weighted by Gasteiger charge is 2.37. The summed E-state index contributed by atoms with van der Waals surface area (Å²) >= 11 is 0. The van der Waals surface area contributed by atoms with Crippen molar-refractivity contribution in [2.24, 2.45) is 0 Å². The first-order valence-corrected chi connectivity index (χ1v) is 8.77. The first-order chi connectivity index (χ1) is 13.4. The van der Waals surface area contributed by atoms with Gasteiger partial charge in [-0.1, -0.05) is 37.3 Å². The summed E-state index contributed by atoms with van der Waals surface area (Å²) in [4.78, 5) is 11.1. The maximum absolute atomic E-state index is 13.0. The summed E-state index contributed by atoms with van der Waals surface area (Å²) < 4.78 is 83.9. The van der Waals surface area contributed by atoms with Crippen LogP contribution < -0.4 is 0 Å². The fourth-order valence-electron chi connectivity index (χ4n) is 2.90. The van der Waals surface area contributed by atoms with Crippen molar-refractivity contribution in [3.63, 3.8) is 0 Å². The Balaban J connectivity index is 2.31. The number of hydrogen-bond acceptors (Lipinski definition) is 2. The summed E-state index contributed by atoms with van der Waals surface area (Å²) in [5.41, 5.74) is -3.02. The molecule has 2 nitrogen and oxygen atoms in total. The van der Waals surface area contributed by atoms with Crippen molar-refractivity contribution < 1.29 is 35.9 Å². The molecule has 0 bridgehead atoms. The molecule has 0 saturated heterocycles. The van der Waals surface area contributed by atoms with E-state index in [9.17, 15) is 31.1 Å². The van der Waals surface area contributed by atoms with Crippen molar-refractivity contribution in [2.45, 2.75) is 44.1 Å². The third kappa shape index (κ3) is 5.82. The van der Waals surface area contributed by atoms with E-state index in [1.54, 1.807) is 37.3 Å². The van der Waals surface area contributed by atoms with E-state index in [1.165, 1.54) is 6.92 Å². The normalized spacial score (nSPS) is 15.6. The largest absolute Gasteiger partial charge is 0.416 e. The van der Waals surface area contributed by atoms with Gasteiger partial charge in [-0.05, 0) is 36.2 Å². The lowest BCUT2D eigenvalue weighted by Gasteiger charge is -2.30. The van der Waals surface area contributed by atoms with E-state index in [0.29, 0.717) is 18.4 Å². The number of carbonyl (C=O) groups is 1. The molecule has 2 aromatic carbocycles. The van der Waals surface area contributed by atoms with Gasteiger partial charge in [0, 0.05) is 11.8 Å². The number of alkyl halides is 6. The molecule has 158 valence electrons. The van der Waals surface area contributed by atoms with Crippen LogP contribution in [0.5, 0.6) is 0 Å². The standard InChI is InChI=1S/C21H20F6O2/c1-14(29-13-19(2,8-9-28)16-6-4-3-5-7-16)15-10-17(20(22,23)24)12-18(11-15)21(25,26)27/h3-7,9-12,14H,8,13H2,1-2H3/t14-,19+/m1/s1. The van der Waals surface area contributed by atoms with Gasteiger partial charge in [0.05, 0.1) is 23.8 Å². The van der Waals surface area contributed by atoms with Crippen molar-refractivity contribution >= 4 is 6.29 Å². The molecular weight excluding hydrogens is 398 g/mol. The molecule has 2 aromatic rings. The molecule has 2 rings (SSSR count). The molecule has 0 N–H and O–H groups in total. The second kappa shape index (κ2) is 8.57. The van der Waals surface area contributed by atoms with Crippen LogP contribution in [0.1, 0.15) is 48.6 Å². The average Bonchev–Trinajstić information content (AvgIpc) is 2.65. The van der Waals surface area contributed by atoms with Crippen LogP contribution in [0.3, 0.4) is 0 Å². The molecule has 0 fully saturated rings. The van der Waals surface area contributed by atoms with Gasteiger partial charge in [0.15, 0.2) is 0 Å². The van der Waals surface area contributed by atoms with Crippen molar-refractivity contribution in [1.29, 1.82) is 0 Å². The Labute approximate surface area is 164 Å². The van der Waals surface area contributed by atoms with E-state index in [4.69, 9.17) is 4.74 Å². The minimum Gasteiger partial charge on any atom is -0.373 e. The molecule has 0 aliphatic heterocycles. The van der Waals surface area contributed by atoms with Gasteiger partial charge in [-0.2, -0.15) is 26.3 Å². The highest BCUT2D eigenvalue weighted by Crippen LogP contribution is 2.38. The molecule has 0 unspecified atom stereocenters. The van der Waals surface area contributed by atoms with E-state index in [2.05, 4.69) is 0 Å². The molecule has 0 spiro atoms. The molecule has 0 amide bonds. The highest BCUT2D eigenvalue weighted by atomic mass is 19.4. The number of ether oxygens (including phenoxy) is 1. The summed E-state index contributed by atoms with van der Waals surface area (Å²) in [5.74, 6) is 0. The number of carbonyl (C=O) groups excluding carboxylic acids is 1. The number of benzene rings is 2. The molecule has 0 aromatic heterocycles. The van der Waals surface area contributed by atoms with E-state index in [0.717, 1.165) is 5.56 Å². The van der Waals surface area contributed by atoms with Gasteiger partial charge in [-0.25, -0.2) is 0 Å². The Hall–Kier alpha value is -2.35. The van der Waals surface area contributed by atoms with Gasteiger partial charge in [-0.15, -0.1) is 0 Å². The van der Waals surface area contributed by atoms with E-state index in [1.807, 2.05) is 0 Å². The molecule has 2 atom stereocenters. The maximum Gasteiger partial charge on any atom is 0.416 e. The second-order valence-corrected chi connectivity index (χ2v) is 7.09. The third-order valence-corrected chi connectivity index (χ3v) is 4.74. The van der Waals surface area contributed by atoms with Crippen molar-refractivity contribution in [1.82, 2.24) is 0 Å². The average molecular weight is 418 g/mol. The lowest BCUT2D eigenvalue weighted by Crippen LogP contribution is -2.29. The highest BCUT2D eigenvalue weighted by molar-refractivity contribution is 5.53. The van der Waals surface area contributed by atoms with Gasteiger partial charge < -0.3 is 9.53 Å². The monoisotopic (exact) mass is 418 g/mol. The zero-order chi connectivity index (χ0) is 21.9. The van der Waals surface area contributed by atoms with Crippen LogP contribution in [0, 0.1) is 0 Å². The van der Waals surface area contributed by atoms with Crippen molar-refractivity contribution in [2.75, 3.05) is 6.61 Å². The van der Waals surface area contributed by atoms with Crippen LogP contribution in [0.4, 0.5) is 26.3 Å². The Morgan fingerprint density at radius 3 is 1.86 bits per heavy atom. The topological polar surface area (TPSA) is 26.3 Å². The predicted molar refractivity (Wildman–Crippen MR) is 95.3 cm³/mol. The fourth-order valence-corrected chi connectivity index (χ4v) is 2.90. The summed E-state index contributed by atoms with van der Waals surface area (Å²) in [6.07, 6.45) is -10.1. The number of rotatable bonds is 7. The van der Waals surface area contributed by atoms with Crippen LogP contribution in [0.25, 0.3) is 0 Å². The number of hydrogen-bond donors (Lipinski definition) is 0. The van der Waals surface area contributed by atoms with Gasteiger partial charge in [0.2, 0.25) is 0 Å². The zero-order valence-corrected chi connectivity index (χ0v) is 15.8. The zero-order valence-electron chi connectivity index (χ0n) is 15.8. The lowest BCUT2D eigenvalue weighted by atomic mass is 9.80. The summed E-state index contributed by atoms with van der Waals surface area (Å²) in [5, 5.41) is 0. The summed E-state index contributed by atoms with van der Waals surface area (Å²) in [7, 11) is 0. The minimum atomic E-state index is -4.92. The van der Waals surface area contributed by atoms with E-state index in [-0.39, 0.29) is 24.7 Å². The fraction of sp³-hybridized carbons (Fsp3) is 0.381.